The molecule has 3 rings (SSSR count). The third kappa shape index (κ3) is 2.87. The van der Waals surface area contributed by atoms with Crippen molar-refractivity contribution in [2.45, 2.75) is 6.92 Å². The van der Waals surface area contributed by atoms with Crippen LogP contribution in [0.15, 0.2) is 52.9 Å². The van der Waals surface area contributed by atoms with Crippen LogP contribution in [-0.2, 0) is 4.74 Å². The molecule has 3 heteroatoms. The third-order valence-electron chi connectivity index (χ3n) is 3.31. The number of rotatable bonds is 1. The molecule has 0 N–H and O–H groups in total. The first-order valence-electron chi connectivity index (χ1n) is 6.86. The maximum atomic E-state index is 11.5. The van der Waals surface area contributed by atoms with E-state index >= 15 is 0 Å². The topological polar surface area (TPSA) is 39.4 Å². The highest BCUT2D eigenvalue weighted by molar-refractivity contribution is 5.92. The molecule has 0 fully saturated rings. The number of carbonyl (C=O) groups excluding carboxylic acids is 1. The van der Waals surface area contributed by atoms with Crippen molar-refractivity contribution in [2.24, 2.45) is 0 Å². The minimum Gasteiger partial charge on any atom is -0.463 e. The Hall–Kier alpha value is -2.99. The smallest absolute Gasteiger partial charge is 0.373 e. The number of furan rings is 1. The van der Waals surface area contributed by atoms with E-state index in [2.05, 4.69) is 16.6 Å². The predicted molar refractivity (Wildman–Crippen MR) is 84.7 cm³/mol. The van der Waals surface area contributed by atoms with E-state index in [0.717, 1.165) is 16.5 Å². The van der Waals surface area contributed by atoms with Gasteiger partial charge in [-0.25, -0.2) is 4.79 Å². The summed E-state index contributed by atoms with van der Waals surface area (Å²) < 4.78 is 10.1. The van der Waals surface area contributed by atoms with E-state index < -0.39 is 5.97 Å². The van der Waals surface area contributed by atoms with Gasteiger partial charge in [0.15, 0.2) is 0 Å². The van der Waals surface area contributed by atoms with Crippen molar-refractivity contribution < 1.29 is 13.9 Å². The molecule has 0 radical (unpaired) electrons. The number of methoxy groups -OCH3 is 1. The van der Waals surface area contributed by atoms with Crippen molar-refractivity contribution in [3.05, 3.63) is 71.0 Å². The van der Waals surface area contributed by atoms with E-state index in [4.69, 9.17) is 4.42 Å². The zero-order valence-corrected chi connectivity index (χ0v) is 12.3. The highest BCUT2D eigenvalue weighted by Crippen LogP contribution is 2.21. The molecule has 0 unspecified atom stereocenters. The minimum atomic E-state index is -0.483. The molecule has 0 aliphatic heterocycles. The predicted octanol–water partition coefficient (Wildman–Crippen LogP) is 3.93. The van der Waals surface area contributed by atoms with E-state index in [1.165, 1.54) is 12.7 Å². The fraction of sp³-hybridized carbons (Fsp3) is 0.105. The first-order chi connectivity index (χ1) is 10.7. The number of hydrogen-bond donors (Lipinski definition) is 0. The number of benzene rings is 2. The van der Waals surface area contributed by atoms with E-state index in [1.54, 1.807) is 12.1 Å². The highest BCUT2D eigenvalue weighted by Gasteiger charge is 2.12. The molecule has 3 nitrogen and oxygen atoms in total. The van der Waals surface area contributed by atoms with Gasteiger partial charge < -0.3 is 9.15 Å². The largest absolute Gasteiger partial charge is 0.463 e. The summed E-state index contributed by atoms with van der Waals surface area (Å²) in [6.45, 7) is 2.04. The van der Waals surface area contributed by atoms with Crippen LogP contribution < -0.4 is 0 Å². The number of aryl methyl sites for hydroxylation is 1. The van der Waals surface area contributed by atoms with Gasteiger partial charge in [-0.05, 0) is 43.3 Å². The number of esters is 1. The zero-order valence-electron chi connectivity index (χ0n) is 12.3. The molecule has 0 amide bonds. The summed E-state index contributed by atoms with van der Waals surface area (Å²) in [4.78, 5) is 11.5. The summed E-state index contributed by atoms with van der Waals surface area (Å²) in [5.41, 5.74) is 3.68. The Morgan fingerprint density at radius 2 is 1.68 bits per heavy atom. The Balaban J connectivity index is 1.92. The van der Waals surface area contributed by atoms with Gasteiger partial charge in [0.2, 0.25) is 5.76 Å². The Bertz CT molecular complexity index is 890. The van der Waals surface area contributed by atoms with Crippen molar-refractivity contribution in [2.75, 3.05) is 7.11 Å². The van der Waals surface area contributed by atoms with Gasteiger partial charge in [0, 0.05) is 16.5 Å². The molecule has 2 aromatic carbocycles. The van der Waals surface area contributed by atoms with Crippen molar-refractivity contribution in [1.82, 2.24) is 0 Å². The molecule has 0 spiro atoms. The standard InChI is InChI=1S/C19H14O3/c1-13-3-5-14(6-4-13)7-8-15-9-10-17-16(11-15)12-18(22-17)19(20)21-2/h3-6,9-12H,1-2H3. The zero-order chi connectivity index (χ0) is 15.5. The van der Waals surface area contributed by atoms with Crippen LogP contribution in [0.1, 0.15) is 27.2 Å². The summed E-state index contributed by atoms with van der Waals surface area (Å²) in [7, 11) is 1.33. The molecule has 0 bridgehead atoms. The van der Waals surface area contributed by atoms with Gasteiger partial charge in [-0.15, -0.1) is 0 Å². The summed E-state index contributed by atoms with van der Waals surface area (Å²) in [6.07, 6.45) is 0. The maximum Gasteiger partial charge on any atom is 0.373 e. The summed E-state index contributed by atoms with van der Waals surface area (Å²) in [5, 5.41) is 0.830. The van der Waals surface area contributed by atoms with Gasteiger partial charge in [-0.2, -0.15) is 0 Å². The summed E-state index contributed by atoms with van der Waals surface area (Å²) in [6, 6.07) is 15.3. The lowest BCUT2D eigenvalue weighted by atomic mass is 10.1. The summed E-state index contributed by atoms with van der Waals surface area (Å²) in [5.74, 6) is 5.95. The van der Waals surface area contributed by atoms with Crippen molar-refractivity contribution in [3.63, 3.8) is 0 Å². The Morgan fingerprint density at radius 1 is 1.00 bits per heavy atom. The van der Waals surface area contributed by atoms with Crippen LogP contribution in [0.2, 0.25) is 0 Å². The molecule has 3 aromatic rings. The molecule has 1 aromatic heterocycles. The lowest BCUT2D eigenvalue weighted by Crippen LogP contribution is -1.97. The molecule has 0 saturated carbocycles. The second-order valence-electron chi connectivity index (χ2n) is 4.97. The first kappa shape index (κ1) is 14.0. The van der Waals surface area contributed by atoms with Crippen molar-refractivity contribution in [1.29, 1.82) is 0 Å². The van der Waals surface area contributed by atoms with Gasteiger partial charge >= 0.3 is 5.97 Å². The van der Waals surface area contributed by atoms with Crippen LogP contribution in [0.5, 0.6) is 0 Å². The van der Waals surface area contributed by atoms with E-state index in [-0.39, 0.29) is 5.76 Å². The second-order valence-corrected chi connectivity index (χ2v) is 4.97. The highest BCUT2D eigenvalue weighted by atomic mass is 16.5. The van der Waals surface area contributed by atoms with Crippen LogP contribution in [0, 0.1) is 18.8 Å². The van der Waals surface area contributed by atoms with Crippen molar-refractivity contribution in [3.8, 4) is 11.8 Å². The number of carbonyl (C=O) groups is 1. The minimum absolute atomic E-state index is 0.196. The van der Waals surface area contributed by atoms with E-state index in [9.17, 15) is 4.79 Å². The second kappa shape index (κ2) is 5.79. The molecule has 0 saturated heterocycles. The van der Waals surface area contributed by atoms with Gasteiger partial charge in [-0.3, -0.25) is 0 Å². The van der Waals surface area contributed by atoms with Crippen LogP contribution in [-0.4, -0.2) is 13.1 Å². The van der Waals surface area contributed by atoms with Crippen molar-refractivity contribution >= 4 is 16.9 Å². The average Bonchev–Trinajstić information content (AvgIpc) is 2.96. The van der Waals surface area contributed by atoms with E-state index in [0.29, 0.717) is 5.58 Å². The van der Waals surface area contributed by atoms with Crippen LogP contribution in [0.25, 0.3) is 11.0 Å². The fourth-order valence-electron chi connectivity index (χ4n) is 2.10. The molecule has 0 atom stereocenters. The summed E-state index contributed by atoms with van der Waals surface area (Å²) >= 11 is 0. The monoisotopic (exact) mass is 290 g/mol. The van der Waals surface area contributed by atoms with Crippen LogP contribution >= 0.6 is 0 Å². The average molecular weight is 290 g/mol. The maximum absolute atomic E-state index is 11.5. The Morgan fingerprint density at radius 3 is 2.41 bits per heavy atom. The molecule has 1 heterocycles. The van der Waals surface area contributed by atoms with Gasteiger partial charge in [-0.1, -0.05) is 29.5 Å². The molecule has 22 heavy (non-hydrogen) atoms. The third-order valence-corrected chi connectivity index (χ3v) is 3.31. The Labute approximate surface area is 128 Å². The lowest BCUT2D eigenvalue weighted by Gasteiger charge is -1.93. The normalized spacial score (nSPS) is 10.1. The van der Waals surface area contributed by atoms with Gasteiger partial charge in [0.1, 0.15) is 5.58 Å². The first-order valence-corrected chi connectivity index (χ1v) is 6.86. The van der Waals surface area contributed by atoms with Crippen LogP contribution in [0.3, 0.4) is 0 Å². The SMILES string of the molecule is COC(=O)c1cc2cc(C#Cc3ccc(C)cc3)ccc2o1. The lowest BCUT2D eigenvalue weighted by molar-refractivity contribution is 0.0567. The number of ether oxygens (including phenoxy) is 1. The molecule has 0 aliphatic rings. The molecular weight excluding hydrogens is 276 g/mol. The number of fused-ring (bicyclic) bond motifs is 1. The van der Waals surface area contributed by atoms with E-state index in [1.807, 2.05) is 43.3 Å². The van der Waals surface area contributed by atoms with Gasteiger partial charge in [0.25, 0.3) is 0 Å². The fourth-order valence-corrected chi connectivity index (χ4v) is 2.10. The molecular formula is C19H14O3. The van der Waals surface area contributed by atoms with Gasteiger partial charge in [0.05, 0.1) is 7.11 Å². The van der Waals surface area contributed by atoms with Crippen LogP contribution in [0.4, 0.5) is 0 Å². The quantitative estimate of drug-likeness (QED) is 0.503. The Kier molecular flexibility index (Phi) is 3.67. The molecule has 108 valence electrons. The molecule has 0 aliphatic carbocycles. The number of hydrogen-bond acceptors (Lipinski definition) is 3.